The van der Waals surface area contributed by atoms with Gasteiger partial charge in [0, 0.05) is 23.0 Å². The number of sulfonamides is 1. The van der Waals surface area contributed by atoms with Gasteiger partial charge in [-0.2, -0.15) is 0 Å². The van der Waals surface area contributed by atoms with Gasteiger partial charge >= 0.3 is 0 Å². The van der Waals surface area contributed by atoms with E-state index >= 15 is 0 Å². The van der Waals surface area contributed by atoms with E-state index in [-0.39, 0.29) is 22.0 Å². The number of ether oxygens (including phenoxy) is 1. The molecule has 0 unspecified atom stereocenters. The number of nitrogens with one attached hydrogen (secondary N) is 2. The molecule has 0 spiro atoms. The van der Waals surface area contributed by atoms with Gasteiger partial charge in [-0.05, 0) is 55.3 Å². The minimum absolute atomic E-state index is 0.0772. The summed E-state index contributed by atoms with van der Waals surface area (Å²) in [6.45, 7) is 9.79. The molecule has 8 heteroatoms. The van der Waals surface area contributed by atoms with Gasteiger partial charge in [0.15, 0.2) is 0 Å². The van der Waals surface area contributed by atoms with Crippen molar-refractivity contribution in [1.29, 1.82) is 0 Å². The predicted octanol–water partition coefficient (Wildman–Crippen LogP) is 5.06. The summed E-state index contributed by atoms with van der Waals surface area (Å²) < 4.78 is 34.3. The third-order valence-corrected chi connectivity index (χ3v) is 6.59. The number of aryl methyl sites for hydroxylation is 2. The summed E-state index contributed by atoms with van der Waals surface area (Å²) in [4.78, 5) is 17.0. The quantitative estimate of drug-likeness (QED) is 0.528. The van der Waals surface area contributed by atoms with Gasteiger partial charge in [-0.1, -0.05) is 39.0 Å². The van der Waals surface area contributed by atoms with Gasteiger partial charge in [-0.25, -0.2) is 8.42 Å². The van der Waals surface area contributed by atoms with Gasteiger partial charge in [0.05, 0.1) is 18.4 Å². The first-order valence-electron chi connectivity index (χ1n) is 10.5. The lowest BCUT2D eigenvalue weighted by atomic mass is 9.91. The first-order valence-corrected chi connectivity index (χ1v) is 12.0. The van der Waals surface area contributed by atoms with E-state index in [1.807, 2.05) is 58.9 Å². The number of rotatable bonds is 6. The minimum atomic E-state index is -3.98. The summed E-state index contributed by atoms with van der Waals surface area (Å²) in [5, 5.41) is 2.74. The number of methoxy groups -OCH3 is 1. The summed E-state index contributed by atoms with van der Waals surface area (Å²) in [6, 6.07) is 13.5. The molecule has 3 aromatic rings. The van der Waals surface area contributed by atoms with Crippen molar-refractivity contribution in [2.75, 3.05) is 17.1 Å². The molecule has 3 rings (SSSR count). The largest absolute Gasteiger partial charge is 0.495 e. The van der Waals surface area contributed by atoms with Crippen LogP contribution in [0.1, 0.15) is 48.0 Å². The van der Waals surface area contributed by atoms with E-state index in [0.717, 1.165) is 16.8 Å². The second-order valence-electron chi connectivity index (χ2n) is 8.87. The van der Waals surface area contributed by atoms with Crippen molar-refractivity contribution in [3.05, 3.63) is 77.1 Å². The van der Waals surface area contributed by atoms with Gasteiger partial charge in [-0.15, -0.1) is 0 Å². The Labute approximate surface area is 195 Å². The number of anilines is 2. The van der Waals surface area contributed by atoms with Gasteiger partial charge < -0.3 is 10.1 Å². The topological polar surface area (TPSA) is 97.4 Å². The maximum Gasteiger partial charge on any atom is 0.265 e. The number of hydrogen-bond donors (Lipinski definition) is 2. The van der Waals surface area contributed by atoms with Crippen molar-refractivity contribution in [1.82, 2.24) is 4.98 Å². The Morgan fingerprint density at radius 3 is 2.21 bits per heavy atom. The highest BCUT2D eigenvalue weighted by Gasteiger charge is 2.23. The van der Waals surface area contributed by atoms with Crippen molar-refractivity contribution in [2.45, 2.75) is 44.9 Å². The van der Waals surface area contributed by atoms with Crippen LogP contribution in [0.2, 0.25) is 0 Å². The highest BCUT2D eigenvalue weighted by molar-refractivity contribution is 7.92. The Hall–Kier alpha value is -3.39. The van der Waals surface area contributed by atoms with Crippen LogP contribution in [0.5, 0.6) is 5.75 Å². The first kappa shape index (κ1) is 24.3. The zero-order valence-corrected chi connectivity index (χ0v) is 20.5. The Kier molecular flexibility index (Phi) is 6.78. The average Bonchev–Trinajstić information content (AvgIpc) is 2.76. The SMILES string of the molecule is COc1ccc(NC(=O)c2ccc(C(C)(C)C)nc2)cc1S(=O)(=O)Nc1c(C)cccc1C. The number of benzene rings is 2. The van der Waals surface area contributed by atoms with Crippen LogP contribution in [-0.4, -0.2) is 26.4 Å². The summed E-state index contributed by atoms with van der Waals surface area (Å²) in [5.74, 6) is -0.220. The number of carbonyl (C=O) groups excluding carboxylic acids is 1. The lowest BCUT2D eigenvalue weighted by Crippen LogP contribution is -2.18. The fourth-order valence-corrected chi connectivity index (χ4v) is 4.70. The van der Waals surface area contributed by atoms with Crippen LogP contribution in [0.25, 0.3) is 0 Å². The second kappa shape index (κ2) is 9.23. The molecule has 1 aromatic heterocycles. The lowest BCUT2D eigenvalue weighted by molar-refractivity contribution is 0.102. The minimum Gasteiger partial charge on any atom is -0.495 e. The normalized spacial score (nSPS) is 11.7. The number of amides is 1. The van der Waals surface area contributed by atoms with E-state index in [2.05, 4.69) is 15.0 Å². The van der Waals surface area contributed by atoms with Crippen molar-refractivity contribution in [3.63, 3.8) is 0 Å². The van der Waals surface area contributed by atoms with Crippen LogP contribution >= 0.6 is 0 Å². The number of para-hydroxylation sites is 1. The Morgan fingerprint density at radius 1 is 1.00 bits per heavy atom. The van der Waals surface area contributed by atoms with Crippen molar-refractivity contribution < 1.29 is 17.9 Å². The smallest absolute Gasteiger partial charge is 0.265 e. The zero-order valence-electron chi connectivity index (χ0n) is 19.7. The van der Waals surface area contributed by atoms with Crippen LogP contribution < -0.4 is 14.8 Å². The van der Waals surface area contributed by atoms with Crippen molar-refractivity contribution >= 4 is 27.3 Å². The zero-order chi connectivity index (χ0) is 24.4. The molecule has 0 fully saturated rings. The number of hydrogen-bond acceptors (Lipinski definition) is 5. The Bertz CT molecular complexity index is 1260. The third kappa shape index (κ3) is 5.51. The summed E-state index contributed by atoms with van der Waals surface area (Å²) in [7, 11) is -2.59. The van der Waals surface area contributed by atoms with E-state index in [4.69, 9.17) is 4.74 Å². The Balaban J connectivity index is 1.90. The van der Waals surface area contributed by atoms with E-state index in [1.165, 1.54) is 25.4 Å². The van der Waals surface area contributed by atoms with Gasteiger partial charge in [0.25, 0.3) is 15.9 Å². The van der Waals surface area contributed by atoms with Gasteiger partial charge in [-0.3, -0.25) is 14.5 Å². The molecule has 33 heavy (non-hydrogen) atoms. The molecule has 1 heterocycles. The number of aromatic nitrogens is 1. The number of carbonyl (C=O) groups is 1. The molecule has 0 aliphatic heterocycles. The van der Waals surface area contributed by atoms with Crippen LogP contribution in [0.4, 0.5) is 11.4 Å². The van der Waals surface area contributed by atoms with Crippen LogP contribution in [0.15, 0.2) is 59.6 Å². The second-order valence-corrected chi connectivity index (χ2v) is 10.5. The molecule has 0 saturated heterocycles. The van der Waals surface area contributed by atoms with E-state index in [9.17, 15) is 13.2 Å². The highest BCUT2D eigenvalue weighted by atomic mass is 32.2. The molecular formula is C25H29N3O4S. The molecule has 2 aromatic carbocycles. The maximum atomic E-state index is 13.2. The average molecular weight is 468 g/mol. The predicted molar refractivity (Wildman–Crippen MR) is 131 cm³/mol. The third-order valence-electron chi connectivity index (χ3n) is 5.22. The molecule has 0 aliphatic carbocycles. The maximum absolute atomic E-state index is 13.2. The molecule has 0 atom stereocenters. The molecule has 0 radical (unpaired) electrons. The van der Waals surface area contributed by atoms with E-state index in [1.54, 1.807) is 12.1 Å². The first-order chi connectivity index (χ1) is 15.4. The van der Waals surface area contributed by atoms with E-state index in [0.29, 0.717) is 16.9 Å². The molecule has 174 valence electrons. The Morgan fingerprint density at radius 2 is 1.67 bits per heavy atom. The summed E-state index contributed by atoms with van der Waals surface area (Å²) in [5.41, 5.74) is 3.55. The van der Waals surface area contributed by atoms with Crippen molar-refractivity contribution in [2.24, 2.45) is 0 Å². The molecular weight excluding hydrogens is 438 g/mol. The van der Waals surface area contributed by atoms with Crippen LogP contribution in [0, 0.1) is 13.8 Å². The monoisotopic (exact) mass is 467 g/mol. The fourth-order valence-electron chi connectivity index (χ4n) is 3.30. The lowest BCUT2D eigenvalue weighted by Gasteiger charge is -2.17. The number of nitrogens with zero attached hydrogens (tertiary/aromatic N) is 1. The van der Waals surface area contributed by atoms with Gasteiger partial charge in [0.2, 0.25) is 0 Å². The molecule has 0 aliphatic rings. The molecule has 1 amide bonds. The fraction of sp³-hybridized carbons (Fsp3) is 0.280. The molecule has 0 bridgehead atoms. The highest BCUT2D eigenvalue weighted by Crippen LogP contribution is 2.31. The number of pyridine rings is 1. The van der Waals surface area contributed by atoms with E-state index < -0.39 is 10.0 Å². The molecule has 2 N–H and O–H groups in total. The van der Waals surface area contributed by atoms with Crippen LogP contribution in [-0.2, 0) is 15.4 Å². The van der Waals surface area contributed by atoms with Crippen molar-refractivity contribution in [3.8, 4) is 5.75 Å². The standard InChI is InChI=1S/C25H29N3O4S/c1-16-8-7-9-17(2)23(16)28-33(30,31)21-14-19(11-12-20(21)32-6)27-24(29)18-10-13-22(26-15-18)25(3,4)5/h7-15,28H,1-6H3,(H,27,29). The van der Waals surface area contributed by atoms with Gasteiger partial charge in [0.1, 0.15) is 10.6 Å². The van der Waals surface area contributed by atoms with Crippen LogP contribution in [0.3, 0.4) is 0 Å². The summed E-state index contributed by atoms with van der Waals surface area (Å²) in [6.07, 6.45) is 1.51. The molecule has 7 nitrogen and oxygen atoms in total. The summed E-state index contributed by atoms with van der Waals surface area (Å²) >= 11 is 0. The molecule has 0 saturated carbocycles.